The first-order chi connectivity index (χ1) is 9.83. The molecule has 1 aromatic carbocycles. The van der Waals surface area contributed by atoms with Gasteiger partial charge in [-0.2, -0.15) is 0 Å². The van der Waals surface area contributed by atoms with Crippen molar-refractivity contribution in [2.45, 2.75) is 12.1 Å². The summed E-state index contributed by atoms with van der Waals surface area (Å²) < 4.78 is 7.83. The lowest BCUT2D eigenvalue weighted by Crippen LogP contribution is -2.01. The van der Waals surface area contributed by atoms with E-state index in [9.17, 15) is 0 Å². The number of thioether (sulfide) groups is 1. The first-order valence-corrected chi connectivity index (χ1v) is 7.56. The lowest BCUT2D eigenvalue weighted by Gasteiger charge is -2.06. The quantitative estimate of drug-likeness (QED) is 0.526. The molecule has 0 radical (unpaired) electrons. The number of benzene rings is 1. The standard InChI is InChI=1S/C16H16N2OS/c1-13-5-4-7-15(11-13)19-9-10-20-16-17-12-14-6-2-3-8-18(14)16/h2-8,11-12H,9-10H2,1H3. The van der Waals surface area contributed by atoms with E-state index in [-0.39, 0.29) is 0 Å². The zero-order valence-corrected chi connectivity index (χ0v) is 12.1. The monoisotopic (exact) mass is 284 g/mol. The van der Waals surface area contributed by atoms with Gasteiger partial charge >= 0.3 is 0 Å². The van der Waals surface area contributed by atoms with Crippen LogP contribution in [0.2, 0.25) is 0 Å². The zero-order chi connectivity index (χ0) is 13.8. The molecule has 0 aliphatic rings. The van der Waals surface area contributed by atoms with E-state index in [4.69, 9.17) is 4.74 Å². The summed E-state index contributed by atoms with van der Waals surface area (Å²) in [7, 11) is 0. The smallest absolute Gasteiger partial charge is 0.172 e. The van der Waals surface area contributed by atoms with Crippen molar-refractivity contribution in [1.29, 1.82) is 0 Å². The molecule has 0 aliphatic heterocycles. The highest BCUT2D eigenvalue weighted by atomic mass is 32.2. The van der Waals surface area contributed by atoms with E-state index in [0.717, 1.165) is 22.2 Å². The number of ether oxygens (including phenoxy) is 1. The Morgan fingerprint density at radius 1 is 1.20 bits per heavy atom. The highest BCUT2D eigenvalue weighted by Crippen LogP contribution is 2.19. The van der Waals surface area contributed by atoms with Gasteiger partial charge in [0.25, 0.3) is 0 Å². The molecule has 4 heteroatoms. The minimum Gasteiger partial charge on any atom is -0.493 e. The van der Waals surface area contributed by atoms with Crippen molar-refractivity contribution in [2.75, 3.05) is 12.4 Å². The van der Waals surface area contributed by atoms with Gasteiger partial charge < -0.3 is 4.74 Å². The number of nitrogens with zero attached hydrogens (tertiary/aromatic N) is 2. The predicted octanol–water partition coefficient (Wildman–Crippen LogP) is 3.81. The number of rotatable bonds is 5. The van der Waals surface area contributed by atoms with Gasteiger partial charge in [-0.15, -0.1) is 0 Å². The van der Waals surface area contributed by atoms with Crippen LogP contribution in [0.1, 0.15) is 5.56 Å². The number of hydrogen-bond acceptors (Lipinski definition) is 3. The van der Waals surface area contributed by atoms with E-state index in [1.54, 1.807) is 11.8 Å². The van der Waals surface area contributed by atoms with Crippen LogP contribution in [0.15, 0.2) is 60.0 Å². The molecule has 0 bridgehead atoms. The van der Waals surface area contributed by atoms with Gasteiger partial charge in [0.05, 0.1) is 18.3 Å². The second kappa shape index (κ2) is 6.01. The van der Waals surface area contributed by atoms with Gasteiger partial charge in [0.1, 0.15) is 5.75 Å². The molecule has 0 unspecified atom stereocenters. The normalized spacial score (nSPS) is 10.8. The average Bonchev–Trinajstić information content (AvgIpc) is 2.87. The third kappa shape index (κ3) is 2.96. The van der Waals surface area contributed by atoms with E-state index >= 15 is 0 Å². The molecule has 0 spiro atoms. The van der Waals surface area contributed by atoms with Gasteiger partial charge in [0, 0.05) is 11.9 Å². The minimum absolute atomic E-state index is 0.676. The molecule has 0 fully saturated rings. The Balaban J connectivity index is 1.55. The molecule has 3 nitrogen and oxygen atoms in total. The summed E-state index contributed by atoms with van der Waals surface area (Å²) in [5, 5.41) is 1.01. The van der Waals surface area contributed by atoms with Crippen molar-refractivity contribution in [3.8, 4) is 5.75 Å². The summed E-state index contributed by atoms with van der Waals surface area (Å²) in [5.41, 5.74) is 2.34. The van der Waals surface area contributed by atoms with E-state index < -0.39 is 0 Å². The Morgan fingerprint density at radius 3 is 3.05 bits per heavy atom. The Morgan fingerprint density at radius 2 is 2.15 bits per heavy atom. The van der Waals surface area contributed by atoms with Gasteiger partial charge in [-0.1, -0.05) is 30.0 Å². The Hall–Kier alpha value is -1.94. The fourth-order valence-electron chi connectivity index (χ4n) is 2.02. The number of fused-ring (bicyclic) bond motifs is 1. The largest absolute Gasteiger partial charge is 0.493 e. The van der Waals surface area contributed by atoms with Crippen molar-refractivity contribution in [2.24, 2.45) is 0 Å². The average molecular weight is 284 g/mol. The first-order valence-electron chi connectivity index (χ1n) is 6.57. The third-order valence-electron chi connectivity index (χ3n) is 2.98. The number of pyridine rings is 1. The van der Waals surface area contributed by atoms with Gasteiger partial charge in [-0.05, 0) is 36.8 Å². The van der Waals surface area contributed by atoms with Gasteiger partial charge in [-0.3, -0.25) is 4.40 Å². The number of hydrogen-bond donors (Lipinski definition) is 0. The molecule has 0 saturated carbocycles. The molecule has 0 N–H and O–H groups in total. The molecule has 2 aromatic heterocycles. The molecular formula is C16H16N2OS. The highest BCUT2D eigenvalue weighted by Gasteiger charge is 2.03. The lowest BCUT2D eigenvalue weighted by atomic mass is 10.2. The van der Waals surface area contributed by atoms with Crippen LogP contribution < -0.4 is 4.74 Å². The van der Waals surface area contributed by atoms with E-state index in [1.165, 1.54) is 5.56 Å². The molecule has 0 saturated heterocycles. The topological polar surface area (TPSA) is 26.5 Å². The van der Waals surface area contributed by atoms with Crippen molar-refractivity contribution >= 4 is 17.3 Å². The van der Waals surface area contributed by atoms with Crippen molar-refractivity contribution in [1.82, 2.24) is 9.38 Å². The fourth-order valence-corrected chi connectivity index (χ4v) is 2.81. The minimum atomic E-state index is 0.676. The summed E-state index contributed by atoms with van der Waals surface area (Å²) in [6.45, 7) is 2.74. The van der Waals surface area contributed by atoms with Gasteiger partial charge in [-0.25, -0.2) is 4.98 Å². The molecular weight excluding hydrogens is 268 g/mol. The predicted molar refractivity (Wildman–Crippen MR) is 82.6 cm³/mol. The Kier molecular flexibility index (Phi) is 3.92. The van der Waals surface area contributed by atoms with Crippen molar-refractivity contribution in [3.63, 3.8) is 0 Å². The summed E-state index contributed by atoms with van der Waals surface area (Å²) in [5.74, 6) is 1.81. The number of aromatic nitrogens is 2. The maximum Gasteiger partial charge on any atom is 0.172 e. The lowest BCUT2D eigenvalue weighted by molar-refractivity contribution is 0.343. The van der Waals surface area contributed by atoms with Crippen molar-refractivity contribution in [3.05, 3.63) is 60.4 Å². The first kappa shape index (κ1) is 13.1. The van der Waals surface area contributed by atoms with Crippen LogP contribution >= 0.6 is 11.8 Å². The zero-order valence-electron chi connectivity index (χ0n) is 11.3. The molecule has 0 aliphatic carbocycles. The maximum absolute atomic E-state index is 5.74. The molecule has 0 atom stereocenters. The molecule has 3 aromatic rings. The summed E-state index contributed by atoms with van der Waals surface area (Å²) in [4.78, 5) is 4.42. The van der Waals surface area contributed by atoms with Crippen molar-refractivity contribution < 1.29 is 4.74 Å². The van der Waals surface area contributed by atoms with Crippen LogP contribution in [0.5, 0.6) is 5.75 Å². The van der Waals surface area contributed by atoms with Gasteiger partial charge in [0.2, 0.25) is 0 Å². The van der Waals surface area contributed by atoms with Crippen LogP contribution in [0.25, 0.3) is 5.52 Å². The molecule has 3 rings (SSSR count). The van der Waals surface area contributed by atoms with E-state index in [1.807, 2.05) is 36.7 Å². The van der Waals surface area contributed by atoms with Crippen LogP contribution in [-0.2, 0) is 0 Å². The van der Waals surface area contributed by atoms with Crippen LogP contribution in [0.3, 0.4) is 0 Å². The Bertz CT molecular complexity index is 708. The summed E-state index contributed by atoms with van der Waals surface area (Å²) in [6.07, 6.45) is 3.93. The second-order valence-corrected chi connectivity index (χ2v) is 5.61. The molecule has 20 heavy (non-hydrogen) atoms. The molecule has 2 heterocycles. The van der Waals surface area contributed by atoms with Crippen LogP contribution in [-0.4, -0.2) is 21.7 Å². The second-order valence-electron chi connectivity index (χ2n) is 4.55. The number of imidazole rings is 1. The summed E-state index contributed by atoms with van der Waals surface area (Å²) >= 11 is 1.71. The van der Waals surface area contributed by atoms with E-state index in [0.29, 0.717) is 6.61 Å². The molecule has 102 valence electrons. The van der Waals surface area contributed by atoms with Gasteiger partial charge in [0.15, 0.2) is 5.16 Å². The van der Waals surface area contributed by atoms with Crippen LogP contribution in [0, 0.1) is 6.92 Å². The Labute approximate surface area is 122 Å². The van der Waals surface area contributed by atoms with E-state index in [2.05, 4.69) is 34.5 Å². The highest BCUT2D eigenvalue weighted by molar-refractivity contribution is 7.99. The van der Waals surface area contributed by atoms with Crippen LogP contribution in [0.4, 0.5) is 0 Å². The SMILES string of the molecule is Cc1cccc(OCCSc2ncc3ccccn23)c1. The fraction of sp³-hybridized carbons (Fsp3) is 0.188. The third-order valence-corrected chi connectivity index (χ3v) is 3.91. The maximum atomic E-state index is 5.74. The number of aryl methyl sites for hydroxylation is 1. The molecule has 0 amide bonds. The summed E-state index contributed by atoms with van der Waals surface area (Å²) in [6, 6.07) is 14.2.